The van der Waals surface area contributed by atoms with Crippen LogP contribution in [0.15, 0.2) is 19.9 Å². The van der Waals surface area contributed by atoms with E-state index in [9.17, 15) is 0 Å². The summed E-state index contributed by atoms with van der Waals surface area (Å²) >= 11 is 10.6. The van der Waals surface area contributed by atoms with Crippen LogP contribution >= 0.6 is 27.5 Å². The lowest BCUT2D eigenvalue weighted by Crippen LogP contribution is -2.26. The Labute approximate surface area is 128 Å². The van der Waals surface area contributed by atoms with Gasteiger partial charge in [-0.05, 0) is 40.9 Å². The summed E-state index contributed by atoms with van der Waals surface area (Å²) in [6.07, 6.45) is 5.00. The zero-order valence-corrected chi connectivity index (χ0v) is 16.9. The molecule has 0 aromatic heterocycles. The van der Waals surface area contributed by atoms with Gasteiger partial charge in [0.05, 0.1) is 16.1 Å². The average molecular weight is 366 g/mol. The fraction of sp³-hybridized carbons (Fsp3) is 0.714. The maximum atomic E-state index is 6.73. The molecule has 0 N–H and O–H groups in total. The smallest absolute Gasteiger partial charge is 0.0926 e. The van der Waals surface area contributed by atoms with Crippen molar-refractivity contribution >= 4 is 43.7 Å². The van der Waals surface area contributed by atoms with Gasteiger partial charge in [-0.2, -0.15) is 0 Å². The van der Waals surface area contributed by atoms with Crippen molar-refractivity contribution in [3.05, 3.63) is 19.9 Å². The van der Waals surface area contributed by atoms with Crippen LogP contribution in [0.2, 0.25) is 39.3 Å². The number of hydrogen-bond donors (Lipinski definition) is 0. The summed E-state index contributed by atoms with van der Waals surface area (Å²) in [6.45, 7) is 14.2. The second-order valence-corrected chi connectivity index (χ2v) is 19.5. The highest BCUT2D eigenvalue weighted by molar-refractivity contribution is 9.12. The van der Waals surface area contributed by atoms with Crippen LogP contribution in [0.1, 0.15) is 25.7 Å². The van der Waals surface area contributed by atoms with Crippen LogP contribution in [0.5, 0.6) is 0 Å². The van der Waals surface area contributed by atoms with Gasteiger partial charge < -0.3 is 0 Å². The van der Waals surface area contributed by atoms with Gasteiger partial charge in [0.15, 0.2) is 0 Å². The summed E-state index contributed by atoms with van der Waals surface area (Å²) in [5.41, 5.74) is 3.03. The average Bonchev–Trinajstić information content (AvgIpc) is 2.24. The van der Waals surface area contributed by atoms with E-state index in [-0.39, 0.29) is 0 Å². The SMILES string of the molecule is C[Si](C)(C)/C(Cl)=C1\CCCC\C1=C(\Br)[Si](C)(C)C. The summed E-state index contributed by atoms with van der Waals surface area (Å²) in [7, 11) is -2.67. The van der Waals surface area contributed by atoms with Crippen molar-refractivity contribution in [2.75, 3.05) is 0 Å². The van der Waals surface area contributed by atoms with Gasteiger partial charge in [-0.25, -0.2) is 0 Å². The van der Waals surface area contributed by atoms with Crippen molar-refractivity contribution < 1.29 is 0 Å². The van der Waals surface area contributed by atoms with E-state index in [1.165, 1.54) is 40.0 Å². The van der Waals surface area contributed by atoms with Gasteiger partial charge in [0.25, 0.3) is 0 Å². The predicted molar refractivity (Wildman–Crippen MR) is 94.0 cm³/mol. The molecule has 1 aliphatic carbocycles. The Morgan fingerprint density at radius 3 is 1.72 bits per heavy atom. The first kappa shape index (κ1) is 16.7. The van der Waals surface area contributed by atoms with Crippen molar-refractivity contribution in [2.24, 2.45) is 0 Å². The lowest BCUT2D eigenvalue weighted by molar-refractivity contribution is 0.678. The molecule has 0 unspecified atom stereocenters. The molecule has 0 heterocycles. The molecule has 104 valence electrons. The molecule has 0 amide bonds. The number of allylic oxidation sites excluding steroid dienone is 2. The Morgan fingerprint density at radius 2 is 1.33 bits per heavy atom. The zero-order valence-electron chi connectivity index (χ0n) is 12.6. The van der Waals surface area contributed by atoms with E-state index >= 15 is 0 Å². The molecular formula is C14H26BrClSi2. The molecule has 4 heteroatoms. The Balaban J connectivity index is 3.33. The lowest BCUT2D eigenvalue weighted by atomic mass is 9.92. The third kappa shape index (κ3) is 4.09. The monoisotopic (exact) mass is 364 g/mol. The topological polar surface area (TPSA) is 0 Å². The second kappa shape index (κ2) is 5.98. The van der Waals surface area contributed by atoms with E-state index in [0.29, 0.717) is 0 Å². The molecule has 0 spiro atoms. The fourth-order valence-electron chi connectivity index (χ4n) is 2.30. The first-order valence-electron chi connectivity index (χ1n) is 6.84. The van der Waals surface area contributed by atoms with Crippen LogP contribution in [0.3, 0.4) is 0 Å². The standard InChI is InChI=1S/C14H26BrClSi2/c1-17(2,3)13(15)11-9-7-8-10-12(11)14(16)18(4,5)6/h7-10H2,1-6H3/b13-11+,14-12+. The maximum absolute atomic E-state index is 6.73. The third-order valence-corrected chi connectivity index (χ3v) is 12.5. The lowest BCUT2D eigenvalue weighted by Gasteiger charge is -2.29. The van der Waals surface area contributed by atoms with E-state index in [1.54, 1.807) is 5.57 Å². The summed E-state index contributed by atoms with van der Waals surface area (Å²) in [4.78, 5) is 0. The first-order valence-corrected chi connectivity index (χ1v) is 15.0. The molecule has 1 aliphatic rings. The molecular weight excluding hydrogens is 340 g/mol. The van der Waals surface area contributed by atoms with Gasteiger partial charge in [-0.15, -0.1) is 0 Å². The second-order valence-electron chi connectivity index (χ2n) is 7.29. The Bertz CT molecular complexity index is 346. The van der Waals surface area contributed by atoms with E-state index < -0.39 is 16.1 Å². The van der Waals surface area contributed by atoms with Crippen molar-refractivity contribution in [1.29, 1.82) is 0 Å². The summed E-state index contributed by atoms with van der Waals surface area (Å²) < 4.78 is 2.69. The zero-order chi connectivity index (χ0) is 14.1. The Hall–Kier alpha value is 0.684. The van der Waals surface area contributed by atoms with Crippen LogP contribution in [0, 0.1) is 0 Å². The molecule has 0 aromatic rings. The number of halogens is 2. The van der Waals surface area contributed by atoms with Crippen molar-refractivity contribution in [3.63, 3.8) is 0 Å². The van der Waals surface area contributed by atoms with E-state index in [2.05, 4.69) is 55.2 Å². The van der Waals surface area contributed by atoms with Crippen LogP contribution < -0.4 is 0 Å². The molecule has 0 bridgehead atoms. The molecule has 1 rings (SSSR count). The van der Waals surface area contributed by atoms with Gasteiger partial charge >= 0.3 is 0 Å². The Kier molecular flexibility index (Phi) is 5.56. The molecule has 0 radical (unpaired) electrons. The minimum atomic E-state index is -1.39. The van der Waals surface area contributed by atoms with Gasteiger partial charge in [0, 0.05) is 4.66 Å². The van der Waals surface area contributed by atoms with Crippen LogP contribution in [0.25, 0.3) is 0 Å². The molecule has 0 nitrogen and oxygen atoms in total. The number of rotatable bonds is 2. The van der Waals surface area contributed by atoms with Crippen molar-refractivity contribution in [2.45, 2.75) is 65.0 Å². The first-order chi connectivity index (χ1) is 8.05. The maximum Gasteiger partial charge on any atom is 0.0926 e. The van der Waals surface area contributed by atoms with E-state index in [4.69, 9.17) is 11.6 Å². The highest BCUT2D eigenvalue weighted by atomic mass is 79.9. The van der Waals surface area contributed by atoms with Crippen LogP contribution in [0.4, 0.5) is 0 Å². The third-order valence-electron chi connectivity index (χ3n) is 3.31. The van der Waals surface area contributed by atoms with Crippen molar-refractivity contribution in [1.82, 2.24) is 0 Å². The highest BCUT2D eigenvalue weighted by Gasteiger charge is 2.29. The van der Waals surface area contributed by atoms with Crippen LogP contribution in [-0.4, -0.2) is 16.1 Å². The minimum Gasteiger partial charge on any atom is -0.0940 e. The van der Waals surface area contributed by atoms with E-state index in [1.807, 2.05) is 0 Å². The van der Waals surface area contributed by atoms with E-state index in [0.717, 1.165) is 0 Å². The molecule has 0 saturated heterocycles. The Morgan fingerprint density at radius 1 is 0.889 bits per heavy atom. The quantitative estimate of drug-likeness (QED) is 0.493. The fourth-order valence-corrected chi connectivity index (χ4v) is 5.30. The summed E-state index contributed by atoms with van der Waals surface area (Å²) in [6, 6.07) is 0. The van der Waals surface area contributed by atoms with Gasteiger partial charge in [0.2, 0.25) is 0 Å². The molecule has 0 atom stereocenters. The molecule has 0 aromatic carbocycles. The van der Waals surface area contributed by atoms with Crippen molar-refractivity contribution in [3.8, 4) is 0 Å². The molecule has 0 aliphatic heterocycles. The van der Waals surface area contributed by atoms with Crippen LogP contribution in [-0.2, 0) is 0 Å². The molecule has 1 fully saturated rings. The molecule has 1 saturated carbocycles. The van der Waals surface area contributed by atoms with Gasteiger partial charge in [-0.3, -0.25) is 0 Å². The van der Waals surface area contributed by atoms with Gasteiger partial charge in [0.1, 0.15) is 0 Å². The summed E-state index contributed by atoms with van der Waals surface area (Å²) in [5, 5.41) is 0. The highest BCUT2D eigenvalue weighted by Crippen LogP contribution is 2.41. The largest absolute Gasteiger partial charge is 0.0940 e. The summed E-state index contributed by atoms with van der Waals surface area (Å²) in [5.74, 6) is 0. The minimum absolute atomic E-state index is 1.18. The predicted octanol–water partition coefficient (Wildman–Crippen LogP) is 6.46. The normalized spacial score (nSPS) is 24.0. The number of hydrogen-bond acceptors (Lipinski definition) is 0. The molecule has 18 heavy (non-hydrogen) atoms. The van der Waals surface area contributed by atoms with Gasteiger partial charge in [-0.1, -0.05) is 66.8 Å².